The van der Waals surface area contributed by atoms with Crippen LogP contribution in [0.3, 0.4) is 0 Å². The molecular formula is C20H14F24O. The predicted molar refractivity (Wildman–Crippen MR) is 99.3 cm³/mol. The third-order valence-electron chi connectivity index (χ3n) is 5.59. The van der Waals surface area contributed by atoms with E-state index < -0.39 is 109 Å². The topological polar surface area (TPSA) is 9.23 Å². The minimum absolute atomic E-state index is 0.449. The van der Waals surface area contributed by atoms with Gasteiger partial charge in [0, 0.05) is 12.8 Å². The van der Waals surface area contributed by atoms with Gasteiger partial charge in [-0.05, 0) is 0 Å². The Hall–Kier alpha value is -2.24. The van der Waals surface area contributed by atoms with E-state index in [1.165, 1.54) is 0 Å². The number of halogens is 24. The first-order chi connectivity index (χ1) is 19.2. The second-order valence-corrected chi connectivity index (χ2v) is 9.08. The van der Waals surface area contributed by atoms with Gasteiger partial charge in [0.1, 0.15) is 0 Å². The van der Waals surface area contributed by atoms with Crippen LogP contribution in [0.4, 0.5) is 105 Å². The van der Waals surface area contributed by atoms with E-state index in [-0.39, 0.29) is 0 Å². The number of hydrogen-bond donors (Lipinski definition) is 0. The van der Waals surface area contributed by atoms with Crippen molar-refractivity contribution in [2.24, 2.45) is 0 Å². The van der Waals surface area contributed by atoms with Crippen molar-refractivity contribution in [3.8, 4) is 0 Å². The molecule has 0 amide bonds. The molecule has 25 heteroatoms. The van der Waals surface area contributed by atoms with E-state index in [1.807, 2.05) is 0 Å². The fraction of sp³-hybridized carbons (Fsp3) is 0.800. The van der Waals surface area contributed by atoms with E-state index in [9.17, 15) is 105 Å². The van der Waals surface area contributed by atoms with Gasteiger partial charge < -0.3 is 0 Å². The summed E-state index contributed by atoms with van der Waals surface area (Å²) < 4.78 is 328. The van der Waals surface area contributed by atoms with Crippen LogP contribution in [0.2, 0.25) is 0 Å². The minimum Gasteiger partial charge on any atom is -0.245 e. The maximum atomic E-state index is 14.4. The van der Waals surface area contributed by atoms with E-state index in [1.54, 1.807) is 0 Å². The molecule has 0 radical (unpaired) electrons. The summed E-state index contributed by atoms with van der Waals surface area (Å²) in [6, 6.07) is 0. The van der Waals surface area contributed by atoms with E-state index in [2.05, 4.69) is 13.2 Å². The van der Waals surface area contributed by atoms with Crippen LogP contribution in [-0.4, -0.2) is 71.4 Å². The van der Waals surface area contributed by atoms with Crippen molar-refractivity contribution in [3.05, 3.63) is 25.3 Å². The second-order valence-electron chi connectivity index (χ2n) is 9.08. The highest BCUT2D eigenvalue weighted by Gasteiger charge is 2.91. The van der Waals surface area contributed by atoms with Gasteiger partial charge in [0.2, 0.25) is 0 Å². The Labute approximate surface area is 233 Å². The lowest BCUT2D eigenvalue weighted by atomic mass is 9.83. The lowest BCUT2D eigenvalue weighted by Gasteiger charge is -2.44. The van der Waals surface area contributed by atoms with Crippen LogP contribution in [-0.2, 0) is 4.74 Å². The Bertz CT molecular complexity index is 972. The molecule has 268 valence electrons. The van der Waals surface area contributed by atoms with Crippen molar-refractivity contribution in [3.63, 3.8) is 0 Å². The summed E-state index contributed by atoms with van der Waals surface area (Å²) in [4.78, 5) is 0. The second kappa shape index (κ2) is 11.8. The molecule has 0 aromatic rings. The molecular weight excluding hydrogens is 712 g/mol. The van der Waals surface area contributed by atoms with Crippen LogP contribution in [0.15, 0.2) is 25.3 Å². The molecule has 1 nitrogen and oxygen atoms in total. The highest BCUT2D eigenvalue weighted by Crippen LogP contribution is 2.63. The number of rotatable bonds is 16. The van der Waals surface area contributed by atoms with Gasteiger partial charge in [-0.1, -0.05) is 12.2 Å². The molecule has 0 saturated carbocycles. The molecule has 0 aliphatic heterocycles. The third kappa shape index (κ3) is 7.20. The number of ether oxygens (including phenoxy) is 1. The fourth-order valence-electron chi connectivity index (χ4n) is 3.33. The molecule has 2 atom stereocenters. The van der Waals surface area contributed by atoms with Crippen molar-refractivity contribution >= 4 is 0 Å². The molecule has 0 N–H and O–H groups in total. The molecule has 0 heterocycles. The summed E-state index contributed by atoms with van der Waals surface area (Å²) in [6.07, 6.45) is -44.0. The smallest absolute Gasteiger partial charge is 0.245 e. The van der Waals surface area contributed by atoms with Gasteiger partial charge in [-0.25, -0.2) is 13.5 Å². The third-order valence-corrected chi connectivity index (χ3v) is 5.59. The monoisotopic (exact) mass is 726 g/mol. The van der Waals surface area contributed by atoms with Crippen LogP contribution in [0.25, 0.3) is 0 Å². The average Bonchev–Trinajstić information content (AvgIpc) is 2.75. The molecule has 2 unspecified atom stereocenters. The molecule has 45 heavy (non-hydrogen) atoms. The van der Waals surface area contributed by atoms with Crippen molar-refractivity contribution in [1.82, 2.24) is 0 Å². The van der Waals surface area contributed by atoms with E-state index in [0.29, 0.717) is 0 Å². The summed E-state index contributed by atoms with van der Waals surface area (Å²) in [5.41, 5.74) is -12.3. The standard InChI is InChI=1S/C20H14F24O/c1-3-5-9(21,7-11(23,24)25)13(29,30)15(33,34)17(37,38)19(41,42)45-20(43,44)18(39,40)16(35,36)14(31,32)10(22,6-4-2)8-12(26,27)28/h3-4H,1-2,5-8H2. The largest absolute Gasteiger partial charge is 0.430 e. The van der Waals surface area contributed by atoms with E-state index in [0.717, 1.165) is 4.74 Å². The van der Waals surface area contributed by atoms with Gasteiger partial charge in [-0.15, -0.1) is 13.2 Å². The van der Waals surface area contributed by atoms with Crippen molar-refractivity contribution in [2.45, 2.75) is 97.1 Å². The summed E-state index contributed by atoms with van der Waals surface area (Å²) in [5.74, 6) is -49.9. The molecule has 0 aromatic carbocycles. The predicted octanol–water partition coefficient (Wildman–Crippen LogP) is 10.5. The summed E-state index contributed by atoms with van der Waals surface area (Å²) in [5, 5.41) is 0. The highest BCUT2D eigenvalue weighted by atomic mass is 19.4. The van der Waals surface area contributed by atoms with Gasteiger partial charge in [0.05, 0.1) is 12.8 Å². The summed E-state index contributed by atoms with van der Waals surface area (Å²) in [7, 11) is 0. The quantitative estimate of drug-likeness (QED) is 0.114. The van der Waals surface area contributed by atoms with Crippen LogP contribution >= 0.6 is 0 Å². The van der Waals surface area contributed by atoms with E-state index >= 15 is 0 Å². The molecule has 0 rings (SSSR count). The maximum absolute atomic E-state index is 14.4. The van der Waals surface area contributed by atoms with Gasteiger partial charge >= 0.3 is 60.1 Å². The first kappa shape index (κ1) is 42.8. The molecule has 0 aromatic heterocycles. The van der Waals surface area contributed by atoms with Crippen LogP contribution in [0, 0.1) is 0 Å². The Morgan fingerprint density at radius 1 is 0.356 bits per heavy atom. The molecule has 0 saturated heterocycles. The normalized spacial score (nSPS) is 18.3. The number of alkyl halides is 24. The first-order valence-electron chi connectivity index (χ1n) is 10.7. The Morgan fingerprint density at radius 3 is 0.756 bits per heavy atom. The summed E-state index contributed by atoms with van der Waals surface area (Å²) in [6.45, 7) is 4.59. The first-order valence-corrected chi connectivity index (χ1v) is 10.7. The summed E-state index contributed by atoms with van der Waals surface area (Å²) >= 11 is 0. The zero-order valence-corrected chi connectivity index (χ0v) is 20.9. The number of allylic oxidation sites excluding steroid dienone is 2. The average molecular weight is 726 g/mol. The van der Waals surface area contributed by atoms with E-state index in [4.69, 9.17) is 0 Å². The Morgan fingerprint density at radius 2 is 0.578 bits per heavy atom. The van der Waals surface area contributed by atoms with Gasteiger partial charge in [-0.3, -0.25) is 0 Å². The Kier molecular flexibility index (Phi) is 11.2. The zero-order chi connectivity index (χ0) is 36.9. The van der Waals surface area contributed by atoms with Gasteiger partial charge in [0.15, 0.2) is 11.3 Å². The lowest BCUT2D eigenvalue weighted by Crippen LogP contribution is -2.72. The minimum atomic E-state index is -8.66. The van der Waals surface area contributed by atoms with Gasteiger partial charge in [-0.2, -0.15) is 96.6 Å². The lowest BCUT2D eigenvalue weighted by molar-refractivity contribution is -0.519. The van der Waals surface area contributed by atoms with Crippen LogP contribution < -0.4 is 0 Å². The van der Waals surface area contributed by atoms with Crippen LogP contribution in [0.5, 0.6) is 0 Å². The maximum Gasteiger partial charge on any atom is 0.430 e. The molecule has 0 fully saturated rings. The molecule has 0 aliphatic carbocycles. The van der Waals surface area contributed by atoms with Crippen molar-refractivity contribution < 1.29 is 110 Å². The Balaban J connectivity index is 7.08. The molecule has 0 aliphatic rings. The number of hydrogen-bond acceptors (Lipinski definition) is 1. The highest BCUT2D eigenvalue weighted by molar-refractivity contribution is 5.14. The molecule has 0 spiro atoms. The zero-order valence-electron chi connectivity index (χ0n) is 20.9. The fourth-order valence-corrected chi connectivity index (χ4v) is 3.33. The van der Waals surface area contributed by atoms with Gasteiger partial charge in [0.25, 0.3) is 0 Å². The molecule has 0 bridgehead atoms. The van der Waals surface area contributed by atoms with Crippen molar-refractivity contribution in [1.29, 1.82) is 0 Å². The van der Waals surface area contributed by atoms with Crippen molar-refractivity contribution in [2.75, 3.05) is 0 Å². The SMILES string of the molecule is C=CCC(F)(CC(F)(F)F)C(F)(F)C(F)(F)C(F)(F)C(F)(F)OC(F)(F)C(F)(F)C(F)(F)C(F)(F)C(F)(CC=C)CC(F)(F)F. The van der Waals surface area contributed by atoms with Crippen LogP contribution in [0.1, 0.15) is 25.7 Å².